The Morgan fingerprint density at radius 1 is 1.37 bits per heavy atom. The molecule has 2 aliphatic rings. The first kappa shape index (κ1) is 19.0. The lowest BCUT2D eigenvalue weighted by molar-refractivity contribution is -0.147. The van der Waals surface area contributed by atoms with Gasteiger partial charge in [-0.15, -0.1) is 11.3 Å². The maximum Gasteiger partial charge on any atom is 0.344 e. The number of esters is 1. The Morgan fingerprint density at radius 3 is 2.78 bits per heavy atom. The Kier molecular flexibility index (Phi) is 5.54. The number of nitrogens with one attached hydrogen (secondary N) is 2. The first-order valence-corrected chi connectivity index (χ1v) is 9.51. The van der Waals surface area contributed by atoms with Gasteiger partial charge in [0.2, 0.25) is 0 Å². The van der Waals surface area contributed by atoms with Crippen LogP contribution in [0.4, 0.5) is 4.79 Å². The second-order valence-corrected chi connectivity index (χ2v) is 7.54. The smallest absolute Gasteiger partial charge is 0.344 e. The largest absolute Gasteiger partial charge is 0.452 e. The first-order chi connectivity index (χ1) is 12.9. The zero-order chi connectivity index (χ0) is 19.4. The minimum atomic E-state index is -0.923. The highest BCUT2D eigenvalue weighted by molar-refractivity contribution is 7.09. The normalized spacial score (nSPS) is 18.8. The van der Waals surface area contributed by atoms with E-state index in [0.29, 0.717) is 23.5 Å². The standard InChI is InChI=1S/C17H20N4O5S/c1-11-18-12(10-27-11)5-6-14(23)26-9-13(22)20-21-15(24)17(19-16(21)25)7-3-2-4-8-17/h5-6,10H,2-4,7-9H2,1H3,(H,19,25)(H,20,22)/b6-5+. The number of urea groups is 1. The van der Waals surface area contributed by atoms with E-state index in [2.05, 4.69) is 15.7 Å². The molecule has 2 N–H and O–H groups in total. The summed E-state index contributed by atoms with van der Waals surface area (Å²) in [7, 11) is 0. The maximum atomic E-state index is 12.5. The lowest BCUT2D eigenvalue weighted by atomic mass is 9.82. The van der Waals surface area contributed by atoms with Gasteiger partial charge >= 0.3 is 12.0 Å². The number of thiazole rings is 1. The third-order valence-electron chi connectivity index (χ3n) is 4.48. The van der Waals surface area contributed by atoms with Crippen molar-refractivity contribution in [3.63, 3.8) is 0 Å². The lowest BCUT2D eigenvalue weighted by Crippen LogP contribution is -2.51. The minimum Gasteiger partial charge on any atom is -0.452 e. The monoisotopic (exact) mass is 392 g/mol. The Morgan fingerprint density at radius 2 is 2.11 bits per heavy atom. The van der Waals surface area contributed by atoms with Crippen LogP contribution in [0, 0.1) is 6.92 Å². The number of carbonyl (C=O) groups excluding carboxylic acids is 4. The molecule has 0 atom stereocenters. The van der Waals surface area contributed by atoms with E-state index in [-0.39, 0.29) is 0 Å². The molecule has 2 heterocycles. The molecule has 0 aromatic carbocycles. The van der Waals surface area contributed by atoms with Crippen LogP contribution in [0.3, 0.4) is 0 Å². The number of amides is 4. The van der Waals surface area contributed by atoms with Gasteiger partial charge in [-0.1, -0.05) is 19.3 Å². The number of hydrogen-bond acceptors (Lipinski definition) is 7. The van der Waals surface area contributed by atoms with Crippen LogP contribution in [0.2, 0.25) is 0 Å². The van der Waals surface area contributed by atoms with E-state index in [9.17, 15) is 19.2 Å². The highest BCUT2D eigenvalue weighted by Gasteiger charge is 2.52. The topological polar surface area (TPSA) is 118 Å². The molecule has 1 aliphatic heterocycles. The molecule has 10 heteroatoms. The predicted octanol–water partition coefficient (Wildman–Crippen LogP) is 1.29. The van der Waals surface area contributed by atoms with E-state index in [1.807, 2.05) is 6.92 Å². The summed E-state index contributed by atoms with van der Waals surface area (Å²) in [6, 6.07) is -0.666. The van der Waals surface area contributed by atoms with E-state index in [1.165, 1.54) is 17.4 Å². The van der Waals surface area contributed by atoms with Gasteiger partial charge in [-0.3, -0.25) is 15.0 Å². The Hall–Kier alpha value is -2.75. The van der Waals surface area contributed by atoms with Gasteiger partial charge in [0.1, 0.15) is 5.54 Å². The number of nitrogens with zero attached hydrogens (tertiary/aromatic N) is 2. The summed E-state index contributed by atoms with van der Waals surface area (Å²) in [5.41, 5.74) is 1.90. The highest BCUT2D eigenvalue weighted by Crippen LogP contribution is 2.32. The molecule has 1 saturated carbocycles. The van der Waals surface area contributed by atoms with Gasteiger partial charge in [0.05, 0.1) is 10.7 Å². The van der Waals surface area contributed by atoms with Crippen LogP contribution in [-0.4, -0.2) is 46.0 Å². The number of hydrogen-bond donors (Lipinski definition) is 2. The molecule has 4 amide bonds. The van der Waals surface area contributed by atoms with Crippen molar-refractivity contribution < 1.29 is 23.9 Å². The van der Waals surface area contributed by atoms with E-state index >= 15 is 0 Å². The summed E-state index contributed by atoms with van der Waals surface area (Å²) in [4.78, 5) is 52.3. The fourth-order valence-electron chi connectivity index (χ4n) is 3.17. The molecule has 0 bridgehead atoms. The molecular weight excluding hydrogens is 372 g/mol. The summed E-state index contributed by atoms with van der Waals surface area (Å²) in [5.74, 6) is -1.96. The quantitative estimate of drug-likeness (QED) is 0.443. The maximum absolute atomic E-state index is 12.5. The third kappa shape index (κ3) is 4.33. The van der Waals surface area contributed by atoms with Crippen LogP contribution in [0.15, 0.2) is 11.5 Å². The molecular formula is C17H20N4O5S. The molecule has 3 rings (SSSR count). The lowest BCUT2D eigenvalue weighted by Gasteiger charge is -2.30. The van der Waals surface area contributed by atoms with Gasteiger partial charge in [-0.2, -0.15) is 5.01 Å². The fourth-order valence-corrected chi connectivity index (χ4v) is 3.75. The highest BCUT2D eigenvalue weighted by atomic mass is 32.1. The summed E-state index contributed by atoms with van der Waals surface area (Å²) in [6.07, 6.45) is 6.45. The number of hydrazine groups is 1. The number of ether oxygens (including phenoxy) is 1. The molecule has 1 aromatic rings. The molecule has 27 heavy (non-hydrogen) atoms. The average molecular weight is 392 g/mol. The van der Waals surface area contributed by atoms with Crippen LogP contribution in [-0.2, 0) is 19.1 Å². The van der Waals surface area contributed by atoms with Gasteiger partial charge in [-0.25, -0.2) is 14.6 Å². The van der Waals surface area contributed by atoms with Crippen LogP contribution < -0.4 is 10.7 Å². The van der Waals surface area contributed by atoms with Crippen molar-refractivity contribution in [3.8, 4) is 0 Å². The zero-order valence-electron chi connectivity index (χ0n) is 14.8. The van der Waals surface area contributed by atoms with Crippen molar-refractivity contribution in [2.75, 3.05) is 6.61 Å². The van der Waals surface area contributed by atoms with Crippen molar-refractivity contribution in [2.45, 2.75) is 44.6 Å². The van der Waals surface area contributed by atoms with Crippen LogP contribution in [0.1, 0.15) is 42.8 Å². The average Bonchev–Trinajstić information content (AvgIpc) is 3.16. The van der Waals surface area contributed by atoms with Gasteiger partial charge < -0.3 is 10.1 Å². The molecule has 144 valence electrons. The van der Waals surface area contributed by atoms with Crippen molar-refractivity contribution in [1.82, 2.24) is 20.7 Å². The van der Waals surface area contributed by atoms with Crippen molar-refractivity contribution in [1.29, 1.82) is 0 Å². The molecule has 9 nitrogen and oxygen atoms in total. The Balaban J connectivity index is 1.49. The van der Waals surface area contributed by atoms with Gasteiger partial charge in [0.15, 0.2) is 6.61 Å². The van der Waals surface area contributed by atoms with Gasteiger partial charge in [-0.05, 0) is 25.8 Å². The van der Waals surface area contributed by atoms with Gasteiger partial charge in [0.25, 0.3) is 11.8 Å². The van der Waals surface area contributed by atoms with Crippen molar-refractivity contribution >= 4 is 41.2 Å². The second kappa shape index (κ2) is 7.87. The van der Waals surface area contributed by atoms with Crippen molar-refractivity contribution in [2.24, 2.45) is 0 Å². The molecule has 0 radical (unpaired) electrons. The van der Waals surface area contributed by atoms with Crippen LogP contribution in [0.25, 0.3) is 6.08 Å². The summed E-state index contributed by atoms with van der Waals surface area (Å²) >= 11 is 1.45. The fraction of sp³-hybridized carbons (Fsp3) is 0.471. The Labute approximate surface area is 159 Å². The Bertz CT molecular complexity index is 797. The van der Waals surface area contributed by atoms with E-state index < -0.39 is 36.0 Å². The number of aryl methyl sites for hydroxylation is 1. The molecule has 1 spiro atoms. The molecule has 1 aliphatic carbocycles. The molecule has 1 aromatic heterocycles. The second-order valence-electron chi connectivity index (χ2n) is 6.48. The van der Waals surface area contributed by atoms with E-state index in [0.717, 1.165) is 30.3 Å². The number of rotatable bonds is 5. The molecule has 0 unspecified atom stereocenters. The number of carbonyl (C=O) groups is 4. The number of aromatic nitrogens is 1. The molecule has 1 saturated heterocycles. The minimum absolute atomic E-state index is 0.467. The third-order valence-corrected chi connectivity index (χ3v) is 5.27. The van der Waals surface area contributed by atoms with Crippen LogP contribution in [0.5, 0.6) is 0 Å². The first-order valence-electron chi connectivity index (χ1n) is 8.63. The summed E-state index contributed by atoms with van der Waals surface area (Å²) in [5, 5.41) is 6.00. The zero-order valence-corrected chi connectivity index (χ0v) is 15.6. The van der Waals surface area contributed by atoms with E-state index in [4.69, 9.17) is 4.74 Å². The van der Waals surface area contributed by atoms with Crippen molar-refractivity contribution in [3.05, 3.63) is 22.2 Å². The van der Waals surface area contributed by atoms with Crippen LogP contribution >= 0.6 is 11.3 Å². The number of imide groups is 1. The van der Waals surface area contributed by atoms with E-state index in [1.54, 1.807) is 5.38 Å². The summed E-state index contributed by atoms with van der Waals surface area (Å²) in [6.45, 7) is 1.24. The SMILES string of the molecule is Cc1nc(/C=C/C(=O)OCC(=O)NN2C(=O)NC3(CCCCC3)C2=O)cs1. The summed E-state index contributed by atoms with van der Waals surface area (Å²) < 4.78 is 4.82. The predicted molar refractivity (Wildman–Crippen MR) is 96.2 cm³/mol. The van der Waals surface area contributed by atoms with Gasteiger partial charge in [0, 0.05) is 11.5 Å². The molecule has 2 fully saturated rings.